The number of hydrogen-bond donors (Lipinski definition) is 1. The predicted molar refractivity (Wildman–Crippen MR) is 47.7 cm³/mol. The SMILES string of the molecule is CCc1cccc(C(=O)C(=O)O)c1F. The Hall–Kier alpha value is -1.71. The first-order valence-corrected chi connectivity index (χ1v) is 4.13. The number of carboxylic acid groups (broad SMARTS) is 1. The summed E-state index contributed by atoms with van der Waals surface area (Å²) in [6.07, 6.45) is 0.423. The predicted octanol–water partition coefficient (Wildman–Crippen LogP) is 1.66. The van der Waals surface area contributed by atoms with E-state index in [1.54, 1.807) is 6.92 Å². The maximum Gasteiger partial charge on any atom is 0.377 e. The van der Waals surface area contributed by atoms with Crippen LogP contribution in [0.4, 0.5) is 4.39 Å². The van der Waals surface area contributed by atoms with Gasteiger partial charge in [0.15, 0.2) is 0 Å². The average Bonchev–Trinajstić information content (AvgIpc) is 2.17. The van der Waals surface area contributed by atoms with Gasteiger partial charge in [0.1, 0.15) is 5.82 Å². The maximum atomic E-state index is 13.4. The Morgan fingerprint density at radius 3 is 2.57 bits per heavy atom. The highest BCUT2D eigenvalue weighted by Crippen LogP contribution is 2.14. The van der Waals surface area contributed by atoms with Crippen molar-refractivity contribution in [1.29, 1.82) is 0 Å². The summed E-state index contributed by atoms with van der Waals surface area (Å²) < 4.78 is 13.4. The Kier molecular flexibility index (Phi) is 2.96. The number of hydrogen-bond acceptors (Lipinski definition) is 2. The van der Waals surface area contributed by atoms with E-state index in [0.29, 0.717) is 12.0 Å². The fourth-order valence-corrected chi connectivity index (χ4v) is 1.14. The Morgan fingerprint density at radius 1 is 1.43 bits per heavy atom. The number of carbonyl (C=O) groups is 2. The number of Topliss-reactive ketones (excluding diaryl/α,β-unsaturated/α-hetero) is 1. The van der Waals surface area contributed by atoms with Crippen LogP contribution in [0.1, 0.15) is 22.8 Å². The van der Waals surface area contributed by atoms with Gasteiger partial charge in [0.2, 0.25) is 0 Å². The number of carbonyl (C=O) groups excluding carboxylic acids is 1. The van der Waals surface area contributed by atoms with Gasteiger partial charge in [0, 0.05) is 0 Å². The van der Waals surface area contributed by atoms with E-state index in [9.17, 15) is 14.0 Å². The third-order valence-electron chi connectivity index (χ3n) is 1.90. The molecule has 14 heavy (non-hydrogen) atoms. The number of carboxylic acids is 1. The summed E-state index contributed by atoms with van der Waals surface area (Å²) in [5.74, 6) is -3.59. The van der Waals surface area contributed by atoms with Gasteiger partial charge in [-0.15, -0.1) is 0 Å². The molecule has 0 saturated carbocycles. The lowest BCUT2D eigenvalue weighted by Crippen LogP contribution is -2.15. The molecule has 0 fully saturated rings. The van der Waals surface area contributed by atoms with E-state index in [2.05, 4.69) is 0 Å². The smallest absolute Gasteiger partial charge is 0.377 e. The van der Waals surface area contributed by atoms with Gasteiger partial charge >= 0.3 is 5.97 Å². The Balaban J connectivity index is 3.22. The molecule has 0 radical (unpaired) electrons. The number of aliphatic carboxylic acids is 1. The van der Waals surface area contributed by atoms with Crippen molar-refractivity contribution in [3.05, 3.63) is 35.1 Å². The summed E-state index contributed by atoms with van der Waals surface area (Å²) in [6.45, 7) is 1.73. The maximum absolute atomic E-state index is 13.4. The summed E-state index contributed by atoms with van der Waals surface area (Å²) in [6, 6.07) is 4.16. The van der Waals surface area contributed by atoms with Crippen molar-refractivity contribution in [1.82, 2.24) is 0 Å². The van der Waals surface area contributed by atoms with Crippen LogP contribution in [-0.2, 0) is 11.2 Å². The fraction of sp³-hybridized carbons (Fsp3) is 0.200. The molecule has 0 saturated heterocycles. The normalized spacial score (nSPS) is 9.86. The zero-order chi connectivity index (χ0) is 10.7. The summed E-state index contributed by atoms with van der Waals surface area (Å²) in [4.78, 5) is 21.3. The summed E-state index contributed by atoms with van der Waals surface area (Å²) >= 11 is 0. The Morgan fingerprint density at radius 2 is 2.07 bits per heavy atom. The van der Waals surface area contributed by atoms with Crippen LogP contribution < -0.4 is 0 Å². The van der Waals surface area contributed by atoms with Gasteiger partial charge in [-0.05, 0) is 18.1 Å². The zero-order valence-electron chi connectivity index (χ0n) is 7.58. The topological polar surface area (TPSA) is 54.4 Å². The van der Waals surface area contributed by atoms with Crippen molar-refractivity contribution >= 4 is 11.8 Å². The minimum Gasteiger partial charge on any atom is -0.475 e. The highest BCUT2D eigenvalue weighted by atomic mass is 19.1. The second kappa shape index (κ2) is 4.00. The molecule has 1 N–H and O–H groups in total. The van der Waals surface area contributed by atoms with Crippen LogP contribution in [-0.4, -0.2) is 16.9 Å². The summed E-state index contributed by atoms with van der Waals surface area (Å²) in [7, 11) is 0. The number of aryl methyl sites for hydroxylation is 1. The van der Waals surface area contributed by atoms with E-state index in [4.69, 9.17) is 5.11 Å². The second-order valence-corrected chi connectivity index (χ2v) is 2.77. The largest absolute Gasteiger partial charge is 0.475 e. The zero-order valence-corrected chi connectivity index (χ0v) is 7.58. The molecule has 0 aliphatic carbocycles. The fourth-order valence-electron chi connectivity index (χ4n) is 1.14. The van der Waals surface area contributed by atoms with E-state index in [0.717, 1.165) is 0 Å². The molecule has 74 valence electrons. The van der Waals surface area contributed by atoms with Crippen molar-refractivity contribution in [3.8, 4) is 0 Å². The minimum atomic E-state index is -1.64. The van der Waals surface area contributed by atoms with E-state index < -0.39 is 17.6 Å². The molecule has 0 amide bonds. The monoisotopic (exact) mass is 196 g/mol. The van der Waals surface area contributed by atoms with Crippen LogP contribution in [0.5, 0.6) is 0 Å². The minimum absolute atomic E-state index is 0.345. The number of benzene rings is 1. The van der Waals surface area contributed by atoms with Crippen molar-refractivity contribution < 1.29 is 19.1 Å². The van der Waals surface area contributed by atoms with E-state index in [-0.39, 0.29) is 5.56 Å². The first-order chi connectivity index (χ1) is 6.57. The molecular formula is C10H9FO3. The first-order valence-electron chi connectivity index (χ1n) is 4.13. The van der Waals surface area contributed by atoms with Gasteiger partial charge in [0.05, 0.1) is 5.56 Å². The number of rotatable bonds is 3. The molecule has 4 heteroatoms. The highest BCUT2D eigenvalue weighted by Gasteiger charge is 2.19. The third-order valence-corrected chi connectivity index (χ3v) is 1.90. The number of ketones is 1. The van der Waals surface area contributed by atoms with E-state index in [1.807, 2.05) is 0 Å². The standard InChI is InChI=1S/C10H9FO3/c1-2-6-4-3-5-7(8(6)11)9(12)10(13)14/h3-5H,2H2,1H3,(H,13,14). The van der Waals surface area contributed by atoms with Crippen LogP contribution in [0.15, 0.2) is 18.2 Å². The molecule has 0 unspecified atom stereocenters. The average molecular weight is 196 g/mol. The van der Waals surface area contributed by atoms with Gasteiger partial charge < -0.3 is 5.11 Å². The quantitative estimate of drug-likeness (QED) is 0.590. The van der Waals surface area contributed by atoms with Crippen LogP contribution >= 0.6 is 0 Å². The molecule has 0 heterocycles. The number of halogens is 1. The molecule has 1 aromatic carbocycles. The lowest BCUT2D eigenvalue weighted by Gasteiger charge is -2.02. The van der Waals surface area contributed by atoms with E-state index in [1.165, 1.54) is 18.2 Å². The lowest BCUT2D eigenvalue weighted by atomic mass is 10.0. The molecule has 0 aromatic heterocycles. The summed E-state index contributed by atoms with van der Waals surface area (Å²) in [5, 5.41) is 8.41. The first kappa shape index (κ1) is 10.4. The molecule has 0 atom stereocenters. The summed E-state index contributed by atoms with van der Waals surface area (Å²) in [5.41, 5.74) is -0.0334. The molecule has 1 aromatic rings. The van der Waals surface area contributed by atoms with Crippen LogP contribution in [0.25, 0.3) is 0 Å². The molecule has 3 nitrogen and oxygen atoms in total. The van der Waals surface area contributed by atoms with Crippen molar-refractivity contribution in [2.24, 2.45) is 0 Å². The Labute approximate surface area is 80.2 Å². The molecular weight excluding hydrogens is 187 g/mol. The molecule has 0 bridgehead atoms. The van der Waals surface area contributed by atoms with Crippen LogP contribution in [0.2, 0.25) is 0 Å². The van der Waals surface area contributed by atoms with Gasteiger partial charge in [-0.3, -0.25) is 4.79 Å². The van der Waals surface area contributed by atoms with E-state index >= 15 is 0 Å². The molecule has 0 aliphatic rings. The van der Waals surface area contributed by atoms with Gasteiger partial charge in [-0.2, -0.15) is 0 Å². The highest BCUT2D eigenvalue weighted by molar-refractivity contribution is 6.39. The third kappa shape index (κ3) is 1.79. The van der Waals surface area contributed by atoms with Gasteiger partial charge in [0.25, 0.3) is 5.78 Å². The van der Waals surface area contributed by atoms with Crippen LogP contribution in [0, 0.1) is 5.82 Å². The molecule has 0 spiro atoms. The molecule has 1 rings (SSSR count). The van der Waals surface area contributed by atoms with Crippen molar-refractivity contribution in [2.45, 2.75) is 13.3 Å². The second-order valence-electron chi connectivity index (χ2n) is 2.77. The molecule has 0 aliphatic heterocycles. The van der Waals surface area contributed by atoms with Gasteiger partial charge in [-0.1, -0.05) is 19.1 Å². The lowest BCUT2D eigenvalue weighted by molar-refractivity contribution is -0.131. The van der Waals surface area contributed by atoms with Crippen molar-refractivity contribution in [2.75, 3.05) is 0 Å². The van der Waals surface area contributed by atoms with Gasteiger partial charge in [-0.25, -0.2) is 9.18 Å². The Bertz CT molecular complexity index is 385. The van der Waals surface area contributed by atoms with Crippen molar-refractivity contribution in [3.63, 3.8) is 0 Å². The van der Waals surface area contributed by atoms with Crippen LogP contribution in [0.3, 0.4) is 0 Å².